The highest BCUT2D eigenvalue weighted by Crippen LogP contribution is 2.31. The summed E-state index contributed by atoms with van der Waals surface area (Å²) in [5.41, 5.74) is 1.72. The number of rotatable bonds is 2. The van der Waals surface area contributed by atoms with Crippen LogP contribution in [0.1, 0.15) is 12.0 Å². The highest BCUT2D eigenvalue weighted by molar-refractivity contribution is 5.98. The zero-order valence-corrected chi connectivity index (χ0v) is 11.4. The summed E-state index contributed by atoms with van der Waals surface area (Å²) >= 11 is 0. The molecule has 3 rings (SSSR count). The molecule has 1 amide bonds. The van der Waals surface area contributed by atoms with Gasteiger partial charge >= 0.3 is 6.09 Å². The van der Waals surface area contributed by atoms with Crippen molar-refractivity contribution in [3.63, 3.8) is 0 Å². The van der Waals surface area contributed by atoms with Crippen molar-refractivity contribution in [2.75, 3.05) is 18.0 Å². The van der Waals surface area contributed by atoms with Crippen LogP contribution in [0.25, 0.3) is 10.8 Å². The highest BCUT2D eigenvalue weighted by atomic mass is 16.4. The molecule has 0 bridgehead atoms. The van der Waals surface area contributed by atoms with Gasteiger partial charge in [0.2, 0.25) is 0 Å². The van der Waals surface area contributed by atoms with E-state index in [1.54, 1.807) is 0 Å². The smallest absolute Gasteiger partial charge is 0.404 e. The first-order valence-electron chi connectivity index (χ1n) is 6.85. The van der Waals surface area contributed by atoms with Crippen LogP contribution in [0.2, 0.25) is 0 Å². The topological polar surface area (TPSA) is 76.4 Å². The first-order valence-corrected chi connectivity index (χ1v) is 6.85. The highest BCUT2D eigenvalue weighted by Gasteiger charge is 2.25. The van der Waals surface area contributed by atoms with Crippen molar-refractivity contribution in [3.8, 4) is 6.07 Å². The van der Waals surface area contributed by atoms with Crippen molar-refractivity contribution in [2.45, 2.75) is 12.5 Å². The third-order valence-corrected chi connectivity index (χ3v) is 3.88. The number of carboxylic acid groups (broad SMARTS) is 1. The molecule has 2 aromatic carbocycles. The van der Waals surface area contributed by atoms with E-state index in [1.807, 2.05) is 36.4 Å². The summed E-state index contributed by atoms with van der Waals surface area (Å²) in [6.45, 7) is 1.46. The fourth-order valence-electron chi connectivity index (χ4n) is 2.93. The van der Waals surface area contributed by atoms with Gasteiger partial charge in [-0.05, 0) is 18.6 Å². The lowest BCUT2D eigenvalue weighted by atomic mass is 10.0. The minimum Gasteiger partial charge on any atom is -0.465 e. The number of nitrogens with zero attached hydrogens (tertiary/aromatic N) is 2. The molecule has 0 aromatic heterocycles. The first kappa shape index (κ1) is 13.3. The molecule has 2 aromatic rings. The summed E-state index contributed by atoms with van der Waals surface area (Å²) in [4.78, 5) is 12.9. The molecule has 0 spiro atoms. The van der Waals surface area contributed by atoms with E-state index >= 15 is 0 Å². The predicted molar refractivity (Wildman–Crippen MR) is 80.4 cm³/mol. The van der Waals surface area contributed by atoms with Crippen LogP contribution in [0.15, 0.2) is 36.4 Å². The van der Waals surface area contributed by atoms with E-state index < -0.39 is 6.09 Å². The molecule has 0 saturated carbocycles. The Balaban J connectivity index is 1.96. The largest absolute Gasteiger partial charge is 0.465 e. The van der Waals surface area contributed by atoms with Gasteiger partial charge in [-0.1, -0.05) is 24.3 Å². The first-order chi connectivity index (χ1) is 10.2. The van der Waals surface area contributed by atoms with Gasteiger partial charge in [0.25, 0.3) is 0 Å². The number of benzene rings is 2. The van der Waals surface area contributed by atoms with E-state index in [4.69, 9.17) is 5.11 Å². The van der Waals surface area contributed by atoms with Gasteiger partial charge in [0.05, 0.1) is 17.7 Å². The van der Waals surface area contributed by atoms with Crippen LogP contribution in [-0.4, -0.2) is 30.3 Å². The molecule has 2 N–H and O–H groups in total. The third-order valence-electron chi connectivity index (χ3n) is 3.88. The molecule has 1 unspecified atom stereocenters. The standard InChI is InChI=1S/C16H15N3O2/c17-9-11-5-6-15(14-4-2-1-3-13(11)14)19-8-7-12(10-19)18-16(20)21/h1-6,12,18H,7-8,10H2,(H,20,21). The number of hydrogen-bond acceptors (Lipinski definition) is 3. The maximum absolute atomic E-state index is 10.7. The molecule has 0 radical (unpaired) electrons. The Morgan fingerprint density at radius 2 is 2.05 bits per heavy atom. The van der Waals surface area contributed by atoms with E-state index in [0.717, 1.165) is 29.4 Å². The van der Waals surface area contributed by atoms with Gasteiger partial charge in [-0.25, -0.2) is 4.79 Å². The molecule has 5 heteroatoms. The molecule has 21 heavy (non-hydrogen) atoms. The van der Waals surface area contributed by atoms with Crippen LogP contribution < -0.4 is 10.2 Å². The fourth-order valence-corrected chi connectivity index (χ4v) is 2.93. The SMILES string of the molecule is N#Cc1ccc(N2CCC(NC(=O)O)C2)c2ccccc12. The number of nitriles is 1. The summed E-state index contributed by atoms with van der Waals surface area (Å²) in [6.07, 6.45) is -0.188. The van der Waals surface area contributed by atoms with Gasteiger partial charge < -0.3 is 15.3 Å². The Bertz CT molecular complexity index is 736. The van der Waals surface area contributed by atoms with Gasteiger partial charge in [0.15, 0.2) is 0 Å². The summed E-state index contributed by atoms with van der Waals surface area (Å²) < 4.78 is 0. The summed E-state index contributed by atoms with van der Waals surface area (Å²) in [7, 11) is 0. The molecular formula is C16H15N3O2. The number of carbonyl (C=O) groups is 1. The zero-order chi connectivity index (χ0) is 14.8. The molecule has 5 nitrogen and oxygen atoms in total. The van der Waals surface area contributed by atoms with E-state index in [2.05, 4.69) is 16.3 Å². The van der Waals surface area contributed by atoms with Crippen LogP contribution in [0.3, 0.4) is 0 Å². The van der Waals surface area contributed by atoms with Crippen molar-refractivity contribution in [3.05, 3.63) is 42.0 Å². The molecule has 0 aliphatic carbocycles. The van der Waals surface area contributed by atoms with E-state index in [-0.39, 0.29) is 6.04 Å². The normalized spacial score (nSPS) is 17.7. The maximum atomic E-state index is 10.7. The number of hydrogen-bond donors (Lipinski definition) is 2. The Kier molecular flexibility index (Phi) is 3.36. The Labute approximate surface area is 122 Å². The fraction of sp³-hybridized carbons (Fsp3) is 0.250. The number of anilines is 1. The second-order valence-corrected chi connectivity index (χ2v) is 5.17. The number of nitrogens with one attached hydrogen (secondary N) is 1. The van der Waals surface area contributed by atoms with Crippen molar-refractivity contribution < 1.29 is 9.90 Å². The lowest BCUT2D eigenvalue weighted by Gasteiger charge is -2.21. The minimum atomic E-state index is -0.980. The molecular weight excluding hydrogens is 266 g/mol. The quantitative estimate of drug-likeness (QED) is 0.887. The summed E-state index contributed by atoms with van der Waals surface area (Å²) in [5.74, 6) is 0. The van der Waals surface area contributed by atoms with Gasteiger partial charge in [-0.3, -0.25) is 0 Å². The molecule has 1 atom stereocenters. The minimum absolute atomic E-state index is 0.0445. The molecule has 1 aliphatic rings. The zero-order valence-electron chi connectivity index (χ0n) is 11.4. The van der Waals surface area contributed by atoms with Crippen LogP contribution in [0, 0.1) is 11.3 Å². The second kappa shape index (κ2) is 5.33. The maximum Gasteiger partial charge on any atom is 0.404 e. The van der Waals surface area contributed by atoms with Gasteiger partial charge in [-0.2, -0.15) is 5.26 Å². The molecule has 1 aliphatic heterocycles. The van der Waals surface area contributed by atoms with Gasteiger partial charge in [-0.15, -0.1) is 0 Å². The van der Waals surface area contributed by atoms with Crippen LogP contribution in [0.4, 0.5) is 10.5 Å². The van der Waals surface area contributed by atoms with Crippen molar-refractivity contribution in [1.29, 1.82) is 5.26 Å². The van der Waals surface area contributed by atoms with Crippen LogP contribution in [-0.2, 0) is 0 Å². The van der Waals surface area contributed by atoms with Crippen LogP contribution in [0.5, 0.6) is 0 Å². The van der Waals surface area contributed by atoms with Crippen LogP contribution >= 0.6 is 0 Å². The van der Waals surface area contributed by atoms with E-state index in [0.29, 0.717) is 12.1 Å². The Hall–Kier alpha value is -2.74. The average Bonchev–Trinajstić information content (AvgIpc) is 2.93. The second-order valence-electron chi connectivity index (χ2n) is 5.17. The Morgan fingerprint density at radius 1 is 1.29 bits per heavy atom. The molecule has 1 fully saturated rings. The van der Waals surface area contributed by atoms with E-state index in [1.165, 1.54) is 0 Å². The number of fused-ring (bicyclic) bond motifs is 1. The summed E-state index contributed by atoms with van der Waals surface area (Å²) in [5, 5.41) is 22.5. The van der Waals surface area contributed by atoms with Gasteiger partial charge in [0.1, 0.15) is 0 Å². The van der Waals surface area contributed by atoms with Crippen molar-refractivity contribution >= 4 is 22.6 Å². The van der Waals surface area contributed by atoms with E-state index in [9.17, 15) is 10.1 Å². The lowest BCUT2D eigenvalue weighted by Crippen LogP contribution is -2.36. The molecule has 106 valence electrons. The lowest BCUT2D eigenvalue weighted by molar-refractivity contribution is 0.191. The summed E-state index contributed by atoms with van der Waals surface area (Å²) in [6, 6.07) is 13.8. The predicted octanol–water partition coefficient (Wildman–Crippen LogP) is 2.56. The van der Waals surface area contributed by atoms with Crippen molar-refractivity contribution in [2.24, 2.45) is 0 Å². The third kappa shape index (κ3) is 2.48. The molecule has 1 saturated heterocycles. The van der Waals surface area contributed by atoms with Gasteiger partial charge in [0, 0.05) is 29.5 Å². The molecule has 1 heterocycles. The average molecular weight is 281 g/mol. The Morgan fingerprint density at radius 3 is 2.76 bits per heavy atom. The number of amides is 1. The monoisotopic (exact) mass is 281 g/mol. The van der Waals surface area contributed by atoms with Crippen molar-refractivity contribution in [1.82, 2.24) is 5.32 Å².